The lowest BCUT2D eigenvalue weighted by atomic mass is 10.1. The van der Waals surface area contributed by atoms with Crippen LogP contribution in [0.5, 0.6) is 0 Å². The van der Waals surface area contributed by atoms with Crippen LogP contribution >= 0.6 is 11.3 Å². The van der Waals surface area contributed by atoms with Gasteiger partial charge in [0.2, 0.25) is 5.91 Å². The van der Waals surface area contributed by atoms with Crippen molar-refractivity contribution in [2.75, 3.05) is 13.1 Å². The molecule has 1 N–H and O–H groups in total. The van der Waals surface area contributed by atoms with Crippen LogP contribution in [0.2, 0.25) is 0 Å². The molecule has 2 aromatic heterocycles. The second-order valence-corrected chi connectivity index (χ2v) is 9.07. The van der Waals surface area contributed by atoms with Crippen LogP contribution in [-0.2, 0) is 17.8 Å². The van der Waals surface area contributed by atoms with Crippen molar-refractivity contribution < 1.29 is 4.79 Å². The summed E-state index contributed by atoms with van der Waals surface area (Å²) in [4.78, 5) is 16.6. The first kappa shape index (κ1) is 19.8. The third-order valence-electron chi connectivity index (χ3n) is 5.81. The predicted molar refractivity (Wildman–Crippen MR) is 121 cm³/mol. The summed E-state index contributed by atoms with van der Waals surface area (Å²) in [5, 5.41) is 16.0. The van der Waals surface area contributed by atoms with Crippen LogP contribution in [0.25, 0.3) is 10.1 Å². The first-order chi connectivity index (χ1) is 15.3. The Morgan fingerprint density at radius 1 is 1.13 bits per heavy atom. The maximum absolute atomic E-state index is 13.1. The van der Waals surface area contributed by atoms with Gasteiger partial charge >= 0.3 is 0 Å². The van der Waals surface area contributed by atoms with Gasteiger partial charge in [-0.25, -0.2) is 4.68 Å². The Labute approximate surface area is 184 Å². The summed E-state index contributed by atoms with van der Waals surface area (Å²) in [6, 6.07) is 20.8. The summed E-state index contributed by atoms with van der Waals surface area (Å²) in [6.45, 7) is 2.12. The minimum Gasteiger partial charge on any atom is -0.354 e. The molecule has 8 heteroatoms. The van der Waals surface area contributed by atoms with Crippen molar-refractivity contribution in [2.24, 2.45) is 0 Å². The minimum absolute atomic E-state index is 0.0765. The molecular weight excluding hydrogens is 408 g/mol. The molecule has 3 heterocycles. The summed E-state index contributed by atoms with van der Waals surface area (Å²) in [5.74, 6) is 0.0765. The van der Waals surface area contributed by atoms with E-state index < -0.39 is 0 Å². The molecular formula is C23H24N6OS. The molecule has 7 nitrogen and oxygen atoms in total. The van der Waals surface area contributed by atoms with Gasteiger partial charge in [0.25, 0.3) is 0 Å². The topological polar surface area (TPSA) is 75.9 Å². The number of benzene rings is 2. The number of nitrogens with one attached hydrogen (secondary N) is 1. The molecule has 0 bridgehead atoms. The van der Waals surface area contributed by atoms with Crippen molar-refractivity contribution in [1.82, 2.24) is 30.4 Å². The van der Waals surface area contributed by atoms with Gasteiger partial charge in [-0.05, 0) is 46.4 Å². The molecule has 1 amide bonds. The monoisotopic (exact) mass is 432 g/mol. The van der Waals surface area contributed by atoms with E-state index in [1.165, 1.54) is 20.5 Å². The summed E-state index contributed by atoms with van der Waals surface area (Å²) in [5.41, 5.74) is 1.22. The number of amides is 1. The van der Waals surface area contributed by atoms with Gasteiger partial charge in [-0.15, -0.1) is 16.4 Å². The highest BCUT2D eigenvalue weighted by Gasteiger charge is 2.38. The molecule has 2 aromatic carbocycles. The third kappa shape index (κ3) is 4.50. The summed E-state index contributed by atoms with van der Waals surface area (Å²) < 4.78 is 3.05. The fraction of sp³-hybridized carbons (Fsp3) is 0.304. The second-order valence-electron chi connectivity index (χ2n) is 7.90. The van der Waals surface area contributed by atoms with Crippen molar-refractivity contribution in [3.05, 3.63) is 77.4 Å². The van der Waals surface area contributed by atoms with Crippen LogP contribution in [0, 0.1) is 0 Å². The first-order valence-electron chi connectivity index (χ1n) is 10.5. The second kappa shape index (κ2) is 8.95. The molecule has 2 atom stereocenters. The zero-order valence-electron chi connectivity index (χ0n) is 17.1. The lowest BCUT2D eigenvalue weighted by Gasteiger charge is -2.22. The first-order valence-corrected chi connectivity index (χ1v) is 11.3. The summed E-state index contributed by atoms with van der Waals surface area (Å²) >= 11 is 1.79. The quantitative estimate of drug-likeness (QED) is 0.486. The van der Waals surface area contributed by atoms with Crippen molar-refractivity contribution >= 4 is 27.3 Å². The molecule has 1 saturated heterocycles. The van der Waals surface area contributed by atoms with E-state index in [4.69, 9.17) is 0 Å². The summed E-state index contributed by atoms with van der Waals surface area (Å²) in [7, 11) is 0. The van der Waals surface area contributed by atoms with Gasteiger partial charge in [-0.1, -0.05) is 48.5 Å². The van der Waals surface area contributed by atoms with E-state index in [0.717, 1.165) is 19.5 Å². The largest absolute Gasteiger partial charge is 0.354 e. The van der Waals surface area contributed by atoms with Crippen molar-refractivity contribution in [3.63, 3.8) is 0 Å². The van der Waals surface area contributed by atoms with Gasteiger partial charge < -0.3 is 5.32 Å². The Morgan fingerprint density at radius 2 is 1.97 bits per heavy atom. The van der Waals surface area contributed by atoms with Gasteiger partial charge in [0.1, 0.15) is 6.33 Å². The molecule has 5 rings (SSSR count). The van der Waals surface area contributed by atoms with Crippen LogP contribution in [0.4, 0.5) is 0 Å². The van der Waals surface area contributed by atoms with Gasteiger partial charge in [0.05, 0.1) is 12.1 Å². The molecule has 0 spiro atoms. The molecule has 4 aromatic rings. The van der Waals surface area contributed by atoms with E-state index in [1.807, 2.05) is 18.2 Å². The average Bonchev–Trinajstić information content (AvgIpc) is 3.54. The third-order valence-corrected chi connectivity index (χ3v) is 6.92. The molecule has 1 fully saturated rings. The number of rotatable bonds is 7. The number of carbonyl (C=O) groups is 1. The summed E-state index contributed by atoms with van der Waals surface area (Å²) in [6.07, 6.45) is 3.16. The van der Waals surface area contributed by atoms with Gasteiger partial charge in [-0.2, -0.15) is 0 Å². The van der Waals surface area contributed by atoms with Crippen molar-refractivity contribution in [1.29, 1.82) is 0 Å². The van der Waals surface area contributed by atoms with Crippen LogP contribution in [0.15, 0.2) is 67.0 Å². The number of fused-ring (bicyclic) bond motifs is 1. The highest BCUT2D eigenvalue weighted by atomic mass is 32.1. The lowest BCUT2D eigenvalue weighted by molar-refractivity contribution is -0.125. The Morgan fingerprint density at radius 3 is 2.77 bits per heavy atom. The van der Waals surface area contributed by atoms with Gasteiger partial charge in [-0.3, -0.25) is 9.69 Å². The van der Waals surface area contributed by atoms with Gasteiger partial charge in [0.15, 0.2) is 0 Å². The van der Waals surface area contributed by atoms with Crippen molar-refractivity contribution in [2.45, 2.75) is 31.5 Å². The van der Waals surface area contributed by atoms with E-state index in [0.29, 0.717) is 13.0 Å². The van der Waals surface area contributed by atoms with E-state index in [2.05, 4.69) is 68.2 Å². The van der Waals surface area contributed by atoms with E-state index in [9.17, 15) is 4.79 Å². The van der Waals surface area contributed by atoms with Crippen molar-refractivity contribution in [3.8, 4) is 0 Å². The van der Waals surface area contributed by atoms with Crippen LogP contribution in [0.3, 0.4) is 0 Å². The zero-order chi connectivity index (χ0) is 21.0. The van der Waals surface area contributed by atoms with E-state index in [1.54, 1.807) is 22.3 Å². The van der Waals surface area contributed by atoms with Gasteiger partial charge in [0, 0.05) is 29.2 Å². The van der Waals surface area contributed by atoms with E-state index >= 15 is 0 Å². The molecule has 0 unspecified atom stereocenters. The number of thiophene rings is 1. The molecule has 1 aliphatic heterocycles. The standard InChI is InChI=1S/C23H24N6OS/c30-23(24-11-10-17-6-2-1-3-7-17)21-13-19(29-16-25-26-27-29)14-28(21)15-20-12-18-8-4-5-9-22(18)31-20/h1-9,12,16,19,21H,10-11,13-15H2,(H,24,30)/t19-,21+/m1/s1. The smallest absolute Gasteiger partial charge is 0.237 e. The number of hydrogen-bond donors (Lipinski definition) is 1. The van der Waals surface area contributed by atoms with Crippen LogP contribution in [0.1, 0.15) is 22.9 Å². The molecule has 158 valence electrons. The molecule has 0 aliphatic carbocycles. The Bertz CT molecular complexity index is 1110. The highest BCUT2D eigenvalue weighted by Crippen LogP contribution is 2.32. The molecule has 1 aliphatic rings. The Hall–Kier alpha value is -3.10. The molecule has 31 heavy (non-hydrogen) atoms. The predicted octanol–water partition coefficient (Wildman–Crippen LogP) is 3.06. The number of carbonyl (C=O) groups excluding carboxylic acids is 1. The number of hydrogen-bond acceptors (Lipinski definition) is 6. The molecule has 0 saturated carbocycles. The number of nitrogens with zero attached hydrogens (tertiary/aromatic N) is 5. The number of aromatic nitrogens is 4. The van der Waals surface area contributed by atoms with Crippen LogP contribution < -0.4 is 5.32 Å². The zero-order valence-corrected chi connectivity index (χ0v) is 17.9. The fourth-order valence-electron chi connectivity index (χ4n) is 4.26. The number of likely N-dealkylation sites (tertiary alicyclic amines) is 1. The van der Waals surface area contributed by atoms with E-state index in [-0.39, 0.29) is 18.0 Å². The number of tetrazole rings is 1. The normalized spacial score (nSPS) is 19.1. The maximum Gasteiger partial charge on any atom is 0.237 e. The van der Waals surface area contributed by atoms with Crippen LogP contribution in [-0.4, -0.2) is 50.1 Å². The lowest BCUT2D eigenvalue weighted by Crippen LogP contribution is -2.43. The Balaban J connectivity index is 1.29. The fourth-order valence-corrected chi connectivity index (χ4v) is 5.35. The SMILES string of the molecule is O=C(NCCc1ccccc1)[C@@H]1C[C@@H](n2cnnn2)CN1Cc1cc2ccccc2s1. The maximum atomic E-state index is 13.1. The highest BCUT2D eigenvalue weighted by molar-refractivity contribution is 7.19. The average molecular weight is 433 g/mol. The minimum atomic E-state index is -0.199. The molecule has 0 radical (unpaired) electrons. The Kier molecular flexibility index (Phi) is 5.73.